The molecule has 0 aromatic heterocycles. The van der Waals surface area contributed by atoms with Crippen molar-refractivity contribution in [1.82, 2.24) is 5.32 Å². The zero-order chi connectivity index (χ0) is 15.2. The topological polar surface area (TPSA) is 75.4 Å². The number of carbonyl (C=O) groups is 1. The molecule has 0 radical (unpaired) electrons. The number of nitrogens with two attached hydrogens (primary N) is 1. The number of hydrogen-bond donors (Lipinski definition) is 3. The van der Waals surface area contributed by atoms with Crippen LogP contribution in [0.3, 0.4) is 0 Å². The largest absolute Gasteiger partial charge is 0.416 e. The van der Waals surface area contributed by atoms with Gasteiger partial charge in [0.05, 0.1) is 12.6 Å². The summed E-state index contributed by atoms with van der Waals surface area (Å²) >= 11 is 0. The molecule has 0 spiro atoms. The molecule has 4 N–H and O–H groups in total. The fourth-order valence-corrected chi connectivity index (χ4v) is 1.54. The van der Waals surface area contributed by atoms with E-state index in [1.54, 1.807) is 0 Å². The van der Waals surface area contributed by atoms with Crippen LogP contribution in [-0.4, -0.2) is 35.9 Å². The van der Waals surface area contributed by atoms with Crippen LogP contribution in [0.1, 0.15) is 12.0 Å². The maximum atomic E-state index is 12.0. The smallest absolute Gasteiger partial charge is 0.382 e. The number of rotatable bonds is 6. The molecule has 0 bridgehead atoms. The average Bonchev–Trinajstić information content (AvgIpc) is 2.41. The summed E-state index contributed by atoms with van der Waals surface area (Å²) in [4.78, 5) is 11.5. The number of halogens is 3. The Hall–Kier alpha value is -1.60. The molecule has 7 heteroatoms. The molecule has 0 heterocycles. The normalized spacial score (nSPS) is 14.7. The Kier molecular flexibility index (Phi) is 5.97. The molecule has 0 saturated carbocycles. The second-order valence-electron chi connectivity index (χ2n) is 4.43. The van der Waals surface area contributed by atoms with Crippen molar-refractivity contribution < 1.29 is 23.1 Å². The van der Waals surface area contributed by atoms with E-state index < -0.39 is 30.8 Å². The molecule has 112 valence electrons. The van der Waals surface area contributed by atoms with Gasteiger partial charge in [0.2, 0.25) is 5.91 Å². The van der Waals surface area contributed by atoms with Crippen LogP contribution < -0.4 is 11.1 Å². The average molecular weight is 290 g/mol. The fraction of sp³-hybridized carbons (Fsp3) is 0.462. The SMILES string of the molecule is NC(CCc1ccccc1)C(=O)NCC(O)C(F)(F)F. The van der Waals surface area contributed by atoms with Gasteiger partial charge in [-0.3, -0.25) is 4.79 Å². The highest BCUT2D eigenvalue weighted by Gasteiger charge is 2.38. The van der Waals surface area contributed by atoms with Gasteiger partial charge >= 0.3 is 6.18 Å². The maximum Gasteiger partial charge on any atom is 0.416 e. The van der Waals surface area contributed by atoms with Crippen LogP contribution in [0.25, 0.3) is 0 Å². The number of aliphatic hydroxyl groups is 1. The Bertz CT molecular complexity index is 423. The standard InChI is InChI=1S/C13H17F3N2O2/c14-13(15,16)11(19)8-18-12(20)10(17)7-6-9-4-2-1-3-5-9/h1-5,10-11,19H,6-8,17H2,(H,18,20). The molecule has 2 atom stereocenters. The highest BCUT2D eigenvalue weighted by atomic mass is 19.4. The van der Waals surface area contributed by atoms with Crippen molar-refractivity contribution in [2.75, 3.05) is 6.54 Å². The first kappa shape index (κ1) is 16.5. The van der Waals surface area contributed by atoms with Gasteiger partial charge in [0, 0.05) is 0 Å². The molecule has 4 nitrogen and oxygen atoms in total. The number of hydrogen-bond acceptors (Lipinski definition) is 3. The van der Waals surface area contributed by atoms with Crippen LogP contribution in [0, 0.1) is 0 Å². The summed E-state index contributed by atoms with van der Waals surface area (Å²) in [6.45, 7) is -0.888. The lowest BCUT2D eigenvalue weighted by Crippen LogP contribution is -2.46. The Morgan fingerprint density at radius 2 is 1.90 bits per heavy atom. The zero-order valence-corrected chi connectivity index (χ0v) is 10.7. The zero-order valence-electron chi connectivity index (χ0n) is 10.7. The van der Waals surface area contributed by atoms with Crippen molar-refractivity contribution in [2.24, 2.45) is 5.73 Å². The van der Waals surface area contributed by atoms with Crippen molar-refractivity contribution in [3.8, 4) is 0 Å². The highest BCUT2D eigenvalue weighted by Crippen LogP contribution is 2.19. The van der Waals surface area contributed by atoms with Gasteiger partial charge in [0.25, 0.3) is 0 Å². The number of benzene rings is 1. The molecular formula is C13H17F3N2O2. The van der Waals surface area contributed by atoms with Crippen molar-refractivity contribution in [3.63, 3.8) is 0 Å². The van der Waals surface area contributed by atoms with Gasteiger partial charge in [-0.2, -0.15) is 13.2 Å². The summed E-state index contributed by atoms with van der Waals surface area (Å²) in [6.07, 6.45) is -6.45. The Labute approximate surface area is 114 Å². The molecule has 0 aliphatic rings. The maximum absolute atomic E-state index is 12.0. The highest BCUT2D eigenvalue weighted by molar-refractivity contribution is 5.81. The molecule has 1 rings (SSSR count). The van der Waals surface area contributed by atoms with Crippen LogP contribution in [0.5, 0.6) is 0 Å². The minimum Gasteiger partial charge on any atom is -0.382 e. The molecule has 1 aromatic rings. The monoisotopic (exact) mass is 290 g/mol. The van der Waals surface area contributed by atoms with Crippen molar-refractivity contribution in [2.45, 2.75) is 31.2 Å². The van der Waals surface area contributed by atoms with Gasteiger partial charge in [-0.05, 0) is 18.4 Å². The fourth-order valence-electron chi connectivity index (χ4n) is 1.54. The number of nitrogens with one attached hydrogen (secondary N) is 1. The van der Waals surface area contributed by atoms with Gasteiger partial charge in [0.15, 0.2) is 6.10 Å². The predicted octanol–water partition coefficient (Wildman–Crippen LogP) is 0.986. The van der Waals surface area contributed by atoms with E-state index >= 15 is 0 Å². The molecule has 0 aliphatic heterocycles. The third kappa shape index (κ3) is 5.58. The van der Waals surface area contributed by atoms with E-state index in [-0.39, 0.29) is 0 Å². The molecule has 0 aliphatic carbocycles. The molecule has 20 heavy (non-hydrogen) atoms. The number of aryl methyl sites for hydroxylation is 1. The van der Waals surface area contributed by atoms with E-state index in [1.807, 2.05) is 35.6 Å². The summed E-state index contributed by atoms with van der Waals surface area (Å²) in [7, 11) is 0. The first-order valence-corrected chi connectivity index (χ1v) is 6.12. The summed E-state index contributed by atoms with van der Waals surface area (Å²) < 4.78 is 36.1. The Balaban J connectivity index is 2.33. The summed E-state index contributed by atoms with van der Waals surface area (Å²) in [6, 6.07) is 8.39. The number of alkyl halides is 3. The van der Waals surface area contributed by atoms with E-state index in [0.717, 1.165) is 5.56 Å². The van der Waals surface area contributed by atoms with Gasteiger partial charge in [-0.15, -0.1) is 0 Å². The van der Waals surface area contributed by atoms with Crippen molar-refractivity contribution >= 4 is 5.91 Å². The van der Waals surface area contributed by atoms with Crippen molar-refractivity contribution in [1.29, 1.82) is 0 Å². The second-order valence-corrected chi connectivity index (χ2v) is 4.43. The third-order valence-electron chi connectivity index (χ3n) is 2.77. The van der Waals surface area contributed by atoms with E-state index in [0.29, 0.717) is 12.8 Å². The van der Waals surface area contributed by atoms with Gasteiger partial charge in [0.1, 0.15) is 0 Å². The van der Waals surface area contributed by atoms with E-state index in [1.165, 1.54) is 0 Å². The quantitative estimate of drug-likeness (QED) is 0.731. The lowest BCUT2D eigenvalue weighted by molar-refractivity contribution is -0.201. The minimum absolute atomic E-state index is 0.317. The van der Waals surface area contributed by atoms with E-state index in [9.17, 15) is 18.0 Å². The third-order valence-corrected chi connectivity index (χ3v) is 2.77. The minimum atomic E-state index is -4.75. The number of carbonyl (C=O) groups excluding carboxylic acids is 1. The lowest BCUT2D eigenvalue weighted by Gasteiger charge is -2.17. The van der Waals surface area contributed by atoms with Gasteiger partial charge in [-0.25, -0.2) is 0 Å². The first-order chi connectivity index (χ1) is 9.30. The van der Waals surface area contributed by atoms with Crippen LogP contribution in [-0.2, 0) is 11.2 Å². The molecule has 1 amide bonds. The molecule has 1 aromatic carbocycles. The summed E-state index contributed by atoms with van der Waals surface area (Å²) in [5.74, 6) is -0.704. The second kappa shape index (κ2) is 7.25. The molecule has 0 saturated heterocycles. The molecule has 2 unspecified atom stereocenters. The van der Waals surface area contributed by atoms with Crippen LogP contribution >= 0.6 is 0 Å². The van der Waals surface area contributed by atoms with Gasteiger partial charge < -0.3 is 16.2 Å². The van der Waals surface area contributed by atoms with Crippen LogP contribution in [0.15, 0.2) is 30.3 Å². The Morgan fingerprint density at radius 1 is 1.30 bits per heavy atom. The van der Waals surface area contributed by atoms with Gasteiger partial charge in [-0.1, -0.05) is 30.3 Å². The van der Waals surface area contributed by atoms with Crippen molar-refractivity contribution in [3.05, 3.63) is 35.9 Å². The molecular weight excluding hydrogens is 273 g/mol. The number of aliphatic hydroxyl groups excluding tert-OH is 1. The Morgan fingerprint density at radius 3 is 2.45 bits per heavy atom. The predicted molar refractivity (Wildman–Crippen MR) is 67.8 cm³/mol. The summed E-state index contributed by atoms with van der Waals surface area (Å²) in [5.41, 5.74) is 6.58. The van der Waals surface area contributed by atoms with E-state index in [4.69, 9.17) is 10.8 Å². The summed E-state index contributed by atoms with van der Waals surface area (Å²) in [5, 5.41) is 10.7. The van der Waals surface area contributed by atoms with E-state index in [2.05, 4.69) is 0 Å². The number of amides is 1. The molecule has 0 fully saturated rings. The first-order valence-electron chi connectivity index (χ1n) is 6.12. The van der Waals surface area contributed by atoms with Crippen LogP contribution in [0.4, 0.5) is 13.2 Å². The lowest BCUT2D eigenvalue weighted by atomic mass is 10.1. The van der Waals surface area contributed by atoms with Crippen LogP contribution in [0.2, 0.25) is 0 Å².